The van der Waals surface area contributed by atoms with E-state index in [2.05, 4.69) is 25.5 Å². The van der Waals surface area contributed by atoms with Crippen LogP contribution < -0.4 is 20.3 Å². The number of hydrogen-bond donors (Lipinski definition) is 3. The van der Waals surface area contributed by atoms with Crippen LogP contribution in [0.2, 0.25) is 5.02 Å². The molecule has 0 amide bonds. The van der Waals surface area contributed by atoms with E-state index in [0.29, 0.717) is 47.6 Å². The lowest BCUT2D eigenvalue weighted by Gasteiger charge is -2.42. The van der Waals surface area contributed by atoms with E-state index in [1.165, 1.54) is 12.3 Å². The van der Waals surface area contributed by atoms with E-state index in [-0.39, 0.29) is 24.4 Å². The van der Waals surface area contributed by atoms with Crippen LogP contribution in [-0.2, 0) is 4.74 Å². The quantitative estimate of drug-likeness (QED) is 0.670. The molecule has 0 saturated carbocycles. The van der Waals surface area contributed by atoms with Crippen molar-refractivity contribution >= 4 is 23.2 Å². The summed E-state index contributed by atoms with van der Waals surface area (Å²) >= 11 is 6.38. The Morgan fingerprint density at radius 3 is 3.10 bits per heavy atom. The Morgan fingerprint density at radius 2 is 2.23 bits per heavy atom. The second-order valence-corrected chi connectivity index (χ2v) is 8.15. The molecule has 2 saturated heterocycles. The van der Waals surface area contributed by atoms with Gasteiger partial charge in [0.05, 0.1) is 47.4 Å². The Hall–Kier alpha value is -2.20. The first kappa shape index (κ1) is 19.7. The monoisotopic (exact) mass is 435 g/mol. The average Bonchev–Trinajstić information content (AvgIpc) is 2.76. The Kier molecular flexibility index (Phi) is 5.36. The molecular weight excluding hydrogens is 413 g/mol. The molecule has 0 radical (unpaired) electrons. The first-order chi connectivity index (χ1) is 14.6. The molecule has 5 rings (SSSR count). The van der Waals surface area contributed by atoms with Gasteiger partial charge in [0.25, 0.3) is 0 Å². The highest BCUT2D eigenvalue weighted by molar-refractivity contribution is 6.32. The molecule has 3 aliphatic heterocycles. The van der Waals surface area contributed by atoms with Crippen molar-refractivity contribution in [2.75, 3.05) is 49.7 Å². The zero-order valence-electron chi connectivity index (χ0n) is 16.3. The van der Waals surface area contributed by atoms with Crippen molar-refractivity contribution in [1.29, 1.82) is 0 Å². The number of ether oxygens (including phenoxy) is 2. The van der Waals surface area contributed by atoms with E-state index in [1.807, 2.05) is 6.07 Å². The average molecular weight is 436 g/mol. The number of nitrogens with zero attached hydrogens (tertiary/aromatic N) is 3. The van der Waals surface area contributed by atoms with Crippen molar-refractivity contribution in [2.45, 2.75) is 24.6 Å². The largest absolute Gasteiger partial charge is 0.486 e. The third-order valence-corrected chi connectivity index (χ3v) is 6.04. The molecule has 1 aromatic heterocycles. The van der Waals surface area contributed by atoms with Gasteiger partial charge in [-0.15, -0.1) is 0 Å². The molecule has 8 nitrogen and oxygen atoms in total. The topological polar surface area (TPSA) is 91.8 Å². The number of nitrogens with one attached hydrogen (secondary N) is 2. The van der Waals surface area contributed by atoms with Gasteiger partial charge in [-0.05, 0) is 18.6 Å². The first-order valence-corrected chi connectivity index (χ1v) is 10.5. The maximum absolute atomic E-state index is 14.9. The van der Waals surface area contributed by atoms with Crippen molar-refractivity contribution in [3.63, 3.8) is 0 Å². The van der Waals surface area contributed by atoms with Crippen molar-refractivity contribution in [1.82, 2.24) is 15.3 Å². The zero-order valence-corrected chi connectivity index (χ0v) is 17.0. The highest BCUT2D eigenvalue weighted by Crippen LogP contribution is 2.41. The molecule has 0 unspecified atom stereocenters. The van der Waals surface area contributed by atoms with Gasteiger partial charge < -0.3 is 30.1 Å². The standard InChI is InChI=1S/C20H23ClFN5O3/c21-13-8-24-20(25-15-1-4-29-10-17(15)28)26-18(13)11-5-14(22)19-16(6-11)27-3-2-23-7-12(27)9-30-19/h5-6,8,12,15,17,23,28H,1-4,7,9-10H2,(H,24,25,26)/t12-,15-,17-/m1/s1. The SMILES string of the molecule is O[C@@H]1COCC[C@H]1Nc1ncc(Cl)c(-c2cc(F)c3c(c2)N2CCNC[C@@H]2CO3)n1. The summed E-state index contributed by atoms with van der Waals surface area (Å²) in [6.07, 6.45) is 1.47. The molecule has 4 heterocycles. The van der Waals surface area contributed by atoms with Gasteiger partial charge in [0.2, 0.25) is 5.95 Å². The van der Waals surface area contributed by atoms with E-state index < -0.39 is 11.9 Å². The summed E-state index contributed by atoms with van der Waals surface area (Å²) in [6, 6.07) is 3.21. The highest BCUT2D eigenvalue weighted by Gasteiger charge is 2.32. The van der Waals surface area contributed by atoms with Crippen molar-refractivity contribution in [3.05, 3.63) is 29.2 Å². The lowest BCUT2D eigenvalue weighted by atomic mass is 10.0. The summed E-state index contributed by atoms with van der Waals surface area (Å²) in [6.45, 7) is 3.66. The maximum atomic E-state index is 14.9. The molecule has 0 bridgehead atoms. The molecule has 2 fully saturated rings. The lowest BCUT2D eigenvalue weighted by molar-refractivity contribution is -0.0136. The number of rotatable bonds is 3. The Bertz CT molecular complexity index is 949. The minimum absolute atomic E-state index is 0.161. The molecule has 3 atom stereocenters. The minimum Gasteiger partial charge on any atom is -0.486 e. The fraction of sp³-hybridized carbons (Fsp3) is 0.500. The van der Waals surface area contributed by atoms with E-state index in [4.69, 9.17) is 21.1 Å². The van der Waals surface area contributed by atoms with Crippen LogP contribution in [0.25, 0.3) is 11.3 Å². The molecule has 0 aliphatic carbocycles. The predicted molar refractivity (Wildman–Crippen MR) is 111 cm³/mol. The fourth-order valence-corrected chi connectivity index (χ4v) is 4.37. The van der Waals surface area contributed by atoms with Crippen LogP contribution in [-0.4, -0.2) is 72.7 Å². The number of benzene rings is 1. The Morgan fingerprint density at radius 1 is 1.33 bits per heavy atom. The van der Waals surface area contributed by atoms with Crippen molar-refractivity contribution in [2.24, 2.45) is 0 Å². The van der Waals surface area contributed by atoms with Crippen LogP contribution in [0.1, 0.15) is 6.42 Å². The lowest BCUT2D eigenvalue weighted by Crippen LogP contribution is -2.55. The van der Waals surface area contributed by atoms with E-state index in [1.54, 1.807) is 0 Å². The van der Waals surface area contributed by atoms with Crippen LogP contribution in [0.15, 0.2) is 18.3 Å². The van der Waals surface area contributed by atoms with Crippen LogP contribution in [0.5, 0.6) is 5.75 Å². The number of fused-ring (bicyclic) bond motifs is 3. The number of aromatic nitrogens is 2. The minimum atomic E-state index is -0.649. The van der Waals surface area contributed by atoms with Crippen molar-refractivity contribution < 1.29 is 19.0 Å². The smallest absolute Gasteiger partial charge is 0.223 e. The van der Waals surface area contributed by atoms with Crippen LogP contribution in [0.3, 0.4) is 0 Å². The summed E-state index contributed by atoms with van der Waals surface area (Å²) in [7, 11) is 0. The molecule has 160 valence electrons. The highest BCUT2D eigenvalue weighted by atomic mass is 35.5. The molecule has 0 spiro atoms. The molecule has 2 aromatic rings. The number of piperazine rings is 1. The molecular formula is C20H23ClFN5O3. The van der Waals surface area contributed by atoms with E-state index >= 15 is 0 Å². The number of anilines is 2. The van der Waals surface area contributed by atoms with E-state index in [9.17, 15) is 9.50 Å². The van der Waals surface area contributed by atoms with Gasteiger partial charge in [-0.1, -0.05) is 11.6 Å². The summed E-state index contributed by atoms with van der Waals surface area (Å²) in [4.78, 5) is 10.9. The molecule has 3 aliphatic rings. The van der Waals surface area contributed by atoms with Gasteiger partial charge >= 0.3 is 0 Å². The third-order valence-electron chi connectivity index (χ3n) is 5.76. The normalized spacial score (nSPS) is 25.8. The summed E-state index contributed by atoms with van der Waals surface area (Å²) in [5, 5.41) is 16.9. The summed E-state index contributed by atoms with van der Waals surface area (Å²) < 4.78 is 25.9. The molecule has 10 heteroatoms. The Labute approximate surface area is 178 Å². The van der Waals surface area contributed by atoms with Crippen LogP contribution >= 0.6 is 11.6 Å². The van der Waals surface area contributed by atoms with Crippen molar-refractivity contribution in [3.8, 4) is 17.0 Å². The van der Waals surface area contributed by atoms with E-state index in [0.717, 1.165) is 19.6 Å². The molecule has 3 N–H and O–H groups in total. The number of halogens is 2. The maximum Gasteiger partial charge on any atom is 0.223 e. The van der Waals surface area contributed by atoms with Gasteiger partial charge in [0.1, 0.15) is 6.61 Å². The van der Waals surface area contributed by atoms with Crippen LogP contribution in [0.4, 0.5) is 16.0 Å². The molecule has 30 heavy (non-hydrogen) atoms. The van der Waals surface area contributed by atoms with Gasteiger partial charge in [0, 0.05) is 31.8 Å². The number of aliphatic hydroxyl groups excluding tert-OH is 1. The zero-order chi connectivity index (χ0) is 20.7. The van der Waals surface area contributed by atoms with Gasteiger partial charge in [0.15, 0.2) is 11.6 Å². The number of aliphatic hydroxyl groups is 1. The van der Waals surface area contributed by atoms with Crippen LogP contribution in [0, 0.1) is 5.82 Å². The van der Waals surface area contributed by atoms with Gasteiger partial charge in [-0.25, -0.2) is 14.4 Å². The van der Waals surface area contributed by atoms with Gasteiger partial charge in [-0.3, -0.25) is 0 Å². The summed E-state index contributed by atoms with van der Waals surface area (Å²) in [5.41, 5.74) is 1.69. The number of hydrogen-bond acceptors (Lipinski definition) is 8. The first-order valence-electron chi connectivity index (χ1n) is 10.1. The third kappa shape index (κ3) is 3.66. The predicted octanol–water partition coefficient (Wildman–Crippen LogP) is 1.67. The van der Waals surface area contributed by atoms with Gasteiger partial charge in [-0.2, -0.15) is 0 Å². The summed E-state index contributed by atoms with van der Waals surface area (Å²) in [5.74, 6) is 0.157. The second-order valence-electron chi connectivity index (χ2n) is 7.74. The molecule has 1 aromatic carbocycles. The second kappa shape index (κ2) is 8.14. The fourth-order valence-electron chi connectivity index (χ4n) is 4.17. The Balaban J connectivity index is 1.49.